The maximum atomic E-state index is 12.4. The summed E-state index contributed by atoms with van der Waals surface area (Å²) in [6.07, 6.45) is 0. The lowest BCUT2D eigenvalue weighted by atomic mass is 10.0. The van der Waals surface area contributed by atoms with Crippen LogP contribution < -0.4 is 16.8 Å². The van der Waals surface area contributed by atoms with Crippen LogP contribution in [0.25, 0.3) is 0 Å². The van der Waals surface area contributed by atoms with Gasteiger partial charge in [0.25, 0.3) is 5.91 Å². The van der Waals surface area contributed by atoms with E-state index in [1.807, 2.05) is 39.8 Å². The van der Waals surface area contributed by atoms with E-state index in [9.17, 15) is 4.79 Å². The highest BCUT2D eigenvalue weighted by Gasteiger charge is 2.11. The minimum Gasteiger partial charge on any atom is -0.398 e. The lowest BCUT2D eigenvalue weighted by Gasteiger charge is -2.12. The molecule has 2 aromatic rings. The van der Waals surface area contributed by atoms with Crippen LogP contribution in [-0.2, 0) is 0 Å². The summed E-state index contributed by atoms with van der Waals surface area (Å²) >= 11 is 0. The molecule has 0 unspecified atom stereocenters. The van der Waals surface area contributed by atoms with E-state index in [0.717, 1.165) is 39.3 Å². The summed E-state index contributed by atoms with van der Waals surface area (Å²) in [4.78, 5) is 12.4. The molecule has 0 atom stereocenters. The van der Waals surface area contributed by atoms with E-state index < -0.39 is 0 Å². The largest absolute Gasteiger partial charge is 0.398 e. The third-order valence-electron chi connectivity index (χ3n) is 3.71. The summed E-state index contributed by atoms with van der Waals surface area (Å²) in [5.74, 6) is -0.148. The van der Waals surface area contributed by atoms with E-state index in [0.29, 0.717) is 5.56 Å². The van der Waals surface area contributed by atoms with Crippen molar-refractivity contribution in [3.8, 4) is 0 Å². The SMILES string of the molecule is Cc1cc(NC(=O)c2cc(C)c(N)c(C)c2)cc(C)c1N. The van der Waals surface area contributed by atoms with E-state index in [-0.39, 0.29) is 5.91 Å². The number of anilines is 3. The number of aryl methyl sites for hydroxylation is 4. The van der Waals surface area contributed by atoms with E-state index in [1.54, 1.807) is 12.1 Å². The second-order valence-electron chi connectivity index (χ2n) is 5.50. The van der Waals surface area contributed by atoms with Crippen LogP contribution in [0.2, 0.25) is 0 Å². The Morgan fingerprint density at radius 1 is 0.810 bits per heavy atom. The molecule has 0 aliphatic rings. The second-order valence-corrected chi connectivity index (χ2v) is 5.50. The summed E-state index contributed by atoms with van der Waals surface area (Å²) < 4.78 is 0. The van der Waals surface area contributed by atoms with Crippen molar-refractivity contribution in [2.24, 2.45) is 0 Å². The Bertz CT molecular complexity index is 674. The predicted octanol–water partition coefficient (Wildman–Crippen LogP) is 3.34. The van der Waals surface area contributed by atoms with Crippen LogP contribution in [0.15, 0.2) is 24.3 Å². The van der Waals surface area contributed by atoms with Crippen molar-refractivity contribution in [3.63, 3.8) is 0 Å². The van der Waals surface area contributed by atoms with Gasteiger partial charge in [-0.1, -0.05) is 0 Å². The van der Waals surface area contributed by atoms with Gasteiger partial charge in [-0.05, 0) is 74.2 Å². The highest BCUT2D eigenvalue weighted by Crippen LogP contribution is 2.23. The number of nitrogen functional groups attached to an aromatic ring is 2. The number of carbonyl (C=O) groups is 1. The van der Waals surface area contributed by atoms with Gasteiger partial charge in [-0.3, -0.25) is 4.79 Å². The molecule has 0 spiro atoms. The van der Waals surface area contributed by atoms with Crippen molar-refractivity contribution in [3.05, 3.63) is 52.1 Å². The molecular formula is C17H21N3O. The summed E-state index contributed by atoms with van der Waals surface area (Å²) in [6, 6.07) is 7.35. The molecule has 0 fully saturated rings. The highest BCUT2D eigenvalue weighted by atomic mass is 16.1. The summed E-state index contributed by atoms with van der Waals surface area (Å²) in [6.45, 7) is 7.65. The van der Waals surface area contributed by atoms with Gasteiger partial charge in [0.1, 0.15) is 0 Å². The van der Waals surface area contributed by atoms with Gasteiger partial charge in [-0.2, -0.15) is 0 Å². The zero-order valence-corrected chi connectivity index (χ0v) is 12.9. The molecule has 0 saturated heterocycles. The van der Waals surface area contributed by atoms with Crippen LogP contribution in [0.3, 0.4) is 0 Å². The fourth-order valence-electron chi connectivity index (χ4n) is 2.36. The molecule has 0 radical (unpaired) electrons. The zero-order valence-electron chi connectivity index (χ0n) is 12.9. The minimum atomic E-state index is -0.148. The molecule has 4 nitrogen and oxygen atoms in total. The number of benzene rings is 2. The van der Waals surface area contributed by atoms with E-state index in [2.05, 4.69) is 5.32 Å². The third-order valence-corrected chi connectivity index (χ3v) is 3.71. The Balaban J connectivity index is 2.30. The lowest BCUT2D eigenvalue weighted by molar-refractivity contribution is 0.102. The Morgan fingerprint density at radius 3 is 1.62 bits per heavy atom. The molecule has 110 valence electrons. The topological polar surface area (TPSA) is 81.1 Å². The zero-order chi connectivity index (χ0) is 15.7. The molecule has 0 saturated carbocycles. The molecule has 0 aromatic heterocycles. The number of nitrogens with one attached hydrogen (secondary N) is 1. The average Bonchev–Trinajstić information content (AvgIpc) is 2.41. The molecule has 21 heavy (non-hydrogen) atoms. The number of carbonyl (C=O) groups excluding carboxylic acids is 1. The third kappa shape index (κ3) is 2.99. The Hall–Kier alpha value is -2.49. The van der Waals surface area contributed by atoms with Crippen molar-refractivity contribution in [1.29, 1.82) is 0 Å². The van der Waals surface area contributed by atoms with Crippen LogP contribution >= 0.6 is 0 Å². The summed E-state index contributed by atoms with van der Waals surface area (Å²) in [7, 11) is 0. The minimum absolute atomic E-state index is 0.148. The quantitative estimate of drug-likeness (QED) is 0.739. The number of hydrogen-bond donors (Lipinski definition) is 3. The molecule has 0 aliphatic heterocycles. The smallest absolute Gasteiger partial charge is 0.255 e. The number of rotatable bonds is 2. The summed E-state index contributed by atoms with van der Waals surface area (Å²) in [5.41, 5.74) is 18.4. The first-order chi connectivity index (χ1) is 9.79. The van der Waals surface area contributed by atoms with Crippen LogP contribution in [-0.4, -0.2) is 5.91 Å². The van der Waals surface area contributed by atoms with Gasteiger partial charge in [-0.15, -0.1) is 0 Å². The fraction of sp³-hybridized carbons (Fsp3) is 0.235. The molecule has 4 heteroatoms. The van der Waals surface area contributed by atoms with E-state index >= 15 is 0 Å². The molecule has 1 amide bonds. The monoisotopic (exact) mass is 283 g/mol. The molecule has 2 rings (SSSR count). The van der Waals surface area contributed by atoms with Gasteiger partial charge in [0.15, 0.2) is 0 Å². The van der Waals surface area contributed by atoms with Crippen molar-refractivity contribution in [2.75, 3.05) is 16.8 Å². The van der Waals surface area contributed by atoms with Gasteiger partial charge in [0.05, 0.1) is 0 Å². The Labute approximate surface area is 125 Å². The molecule has 0 bridgehead atoms. The van der Waals surface area contributed by atoms with Crippen molar-refractivity contribution >= 4 is 23.0 Å². The number of nitrogens with two attached hydrogens (primary N) is 2. The fourth-order valence-corrected chi connectivity index (χ4v) is 2.36. The normalized spacial score (nSPS) is 10.5. The second kappa shape index (κ2) is 5.48. The molecular weight excluding hydrogens is 262 g/mol. The van der Waals surface area contributed by atoms with Gasteiger partial charge >= 0.3 is 0 Å². The van der Waals surface area contributed by atoms with Gasteiger partial charge < -0.3 is 16.8 Å². The highest BCUT2D eigenvalue weighted by molar-refractivity contribution is 6.05. The first-order valence-corrected chi connectivity index (χ1v) is 6.84. The van der Waals surface area contributed by atoms with E-state index in [1.165, 1.54) is 0 Å². The standard InChI is InChI=1S/C17H21N3O/c1-9-5-13(6-10(2)15(9)18)17(21)20-14-7-11(3)16(19)12(4)8-14/h5-8H,18-19H2,1-4H3,(H,20,21). The van der Waals surface area contributed by atoms with Crippen molar-refractivity contribution in [1.82, 2.24) is 0 Å². The van der Waals surface area contributed by atoms with Crippen LogP contribution in [0.4, 0.5) is 17.1 Å². The van der Waals surface area contributed by atoms with Crippen LogP contribution in [0.5, 0.6) is 0 Å². The molecule has 2 aromatic carbocycles. The molecule has 0 heterocycles. The first-order valence-electron chi connectivity index (χ1n) is 6.84. The van der Waals surface area contributed by atoms with Crippen molar-refractivity contribution in [2.45, 2.75) is 27.7 Å². The Kier molecular flexibility index (Phi) is 3.89. The van der Waals surface area contributed by atoms with Gasteiger partial charge in [0, 0.05) is 22.6 Å². The summed E-state index contributed by atoms with van der Waals surface area (Å²) in [5, 5.41) is 2.91. The maximum Gasteiger partial charge on any atom is 0.255 e. The molecule has 5 N–H and O–H groups in total. The molecule has 0 aliphatic carbocycles. The van der Waals surface area contributed by atoms with Crippen LogP contribution in [0, 0.1) is 27.7 Å². The Morgan fingerprint density at radius 2 is 1.19 bits per heavy atom. The average molecular weight is 283 g/mol. The van der Waals surface area contributed by atoms with Crippen molar-refractivity contribution < 1.29 is 4.79 Å². The maximum absolute atomic E-state index is 12.4. The van der Waals surface area contributed by atoms with E-state index in [4.69, 9.17) is 11.5 Å². The number of amides is 1. The van der Waals surface area contributed by atoms with Crippen LogP contribution in [0.1, 0.15) is 32.6 Å². The van der Waals surface area contributed by atoms with Gasteiger partial charge in [0.2, 0.25) is 0 Å². The van der Waals surface area contributed by atoms with Gasteiger partial charge in [-0.25, -0.2) is 0 Å². The lowest BCUT2D eigenvalue weighted by Crippen LogP contribution is -2.13. The first kappa shape index (κ1) is 14.9. The predicted molar refractivity (Wildman–Crippen MR) is 88.6 cm³/mol. The number of hydrogen-bond acceptors (Lipinski definition) is 3.